The van der Waals surface area contributed by atoms with E-state index < -0.39 is 43.8 Å². The molecule has 0 saturated heterocycles. The summed E-state index contributed by atoms with van der Waals surface area (Å²) in [5, 5.41) is 0. The van der Waals surface area contributed by atoms with Gasteiger partial charge in [-0.2, -0.15) is 13.2 Å². The molecule has 0 aliphatic heterocycles. The fourth-order valence-electron chi connectivity index (χ4n) is 3.52. The predicted molar refractivity (Wildman–Crippen MR) is 124 cm³/mol. The molecule has 2 aromatic carbocycles. The number of alkyl halides is 3. The smallest absolute Gasteiger partial charge is 0.416 e. The Morgan fingerprint density at radius 1 is 1.11 bits per heavy atom. The van der Waals surface area contributed by atoms with Crippen LogP contribution in [-0.2, 0) is 20.8 Å². The van der Waals surface area contributed by atoms with E-state index in [0.717, 1.165) is 17.2 Å². The summed E-state index contributed by atoms with van der Waals surface area (Å²) in [6.07, 6.45) is -1.56. The Labute approximate surface area is 205 Å². The summed E-state index contributed by atoms with van der Waals surface area (Å²) in [7, 11) is -1.39. The number of carbonyl (C=O) groups excluding carboxylic acids is 1. The van der Waals surface area contributed by atoms with Crippen LogP contribution < -0.4 is 9.64 Å². The maximum absolute atomic E-state index is 14.9. The molecule has 0 spiro atoms. The van der Waals surface area contributed by atoms with E-state index >= 15 is 0 Å². The van der Waals surface area contributed by atoms with Crippen LogP contribution in [-0.4, -0.2) is 52.9 Å². The zero-order valence-electron chi connectivity index (χ0n) is 19.5. The predicted octanol–water partition coefficient (Wildman–Crippen LogP) is 4.61. The topological polar surface area (TPSA) is 85.8 Å². The van der Waals surface area contributed by atoms with Crippen molar-refractivity contribution in [2.45, 2.75) is 11.1 Å². The van der Waals surface area contributed by atoms with Crippen LogP contribution in [0.5, 0.6) is 5.75 Å². The van der Waals surface area contributed by atoms with Crippen molar-refractivity contribution in [1.29, 1.82) is 0 Å². The molecule has 1 heterocycles. The van der Waals surface area contributed by atoms with E-state index in [1.165, 1.54) is 50.9 Å². The number of methoxy groups -OCH3 is 2. The molecule has 36 heavy (non-hydrogen) atoms. The highest BCUT2D eigenvalue weighted by Crippen LogP contribution is 2.39. The Hall–Kier alpha value is -3.51. The number of hydrogen-bond donors (Lipinski definition) is 0. The van der Waals surface area contributed by atoms with E-state index in [1.54, 1.807) is 0 Å². The van der Waals surface area contributed by atoms with E-state index in [0.29, 0.717) is 12.1 Å². The number of pyridine rings is 1. The van der Waals surface area contributed by atoms with Crippen molar-refractivity contribution in [3.63, 3.8) is 0 Å². The number of nitrogens with zero attached hydrogens (tertiary/aromatic N) is 2. The molecule has 0 aliphatic rings. The number of benzene rings is 2. The molecule has 1 aromatic heterocycles. The summed E-state index contributed by atoms with van der Waals surface area (Å²) in [5.74, 6) is -1.48. The van der Waals surface area contributed by atoms with Gasteiger partial charge in [-0.15, -0.1) is 0 Å². The second kappa shape index (κ2) is 10.6. The van der Waals surface area contributed by atoms with E-state index in [-0.39, 0.29) is 35.7 Å². The number of amides is 1. The first kappa shape index (κ1) is 27.1. The summed E-state index contributed by atoms with van der Waals surface area (Å²) in [5.41, 5.74) is -1.59. The Balaban J connectivity index is 2.24. The van der Waals surface area contributed by atoms with Gasteiger partial charge in [0.2, 0.25) is 0 Å². The van der Waals surface area contributed by atoms with Gasteiger partial charge < -0.3 is 14.4 Å². The molecule has 3 aromatic rings. The lowest BCUT2D eigenvalue weighted by Crippen LogP contribution is -2.35. The van der Waals surface area contributed by atoms with Crippen LogP contribution in [0, 0.1) is 5.82 Å². The molecule has 0 radical (unpaired) electrons. The highest BCUT2D eigenvalue weighted by atomic mass is 32.2. The van der Waals surface area contributed by atoms with Crippen molar-refractivity contribution in [3.8, 4) is 16.9 Å². The molecule has 12 heteroatoms. The first-order chi connectivity index (χ1) is 16.9. The van der Waals surface area contributed by atoms with Gasteiger partial charge >= 0.3 is 6.18 Å². The van der Waals surface area contributed by atoms with Gasteiger partial charge in [0, 0.05) is 37.2 Å². The zero-order chi connectivity index (χ0) is 26.7. The largest absolute Gasteiger partial charge is 0.496 e. The van der Waals surface area contributed by atoms with Gasteiger partial charge in [0.25, 0.3) is 5.91 Å². The van der Waals surface area contributed by atoms with Crippen LogP contribution in [0.25, 0.3) is 11.1 Å². The molecular weight excluding hydrogens is 504 g/mol. The Morgan fingerprint density at radius 2 is 1.83 bits per heavy atom. The normalized spacial score (nSPS) is 11.9. The SMILES string of the molecule is COCCN(C(=O)c1cc(C(F)(F)F)cc(S(C)(=O)=O)c1)c1cnccc1-c1c(F)cccc1OC. The van der Waals surface area contributed by atoms with E-state index in [9.17, 15) is 30.8 Å². The third-order valence-electron chi connectivity index (χ3n) is 5.23. The van der Waals surface area contributed by atoms with Crippen LogP contribution >= 0.6 is 0 Å². The first-order valence-electron chi connectivity index (χ1n) is 10.4. The van der Waals surface area contributed by atoms with Crippen molar-refractivity contribution >= 4 is 21.4 Å². The van der Waals surface area contributed by atoms with Crippen molar-refractivity contribution in [1.82, 2.24) is 4.98 Å². The standard InChI is InChI=1S/C24H22F4N2O5S/c1-34-10-9-30(20-14-29-8-7-18(20)22-19(25)5-4-6-21(22)35-2)23(31)15-11-16(24(26,27)28)13-17(12-15)36(3,32)33/h4-8,11-14H,9-10H2,1-3H3. The van der Waals surface area contributed by atoms with Crippen LogP contribution in [0.4, 0.5) is 23.2 Å². The summed E-state index contributed by atoms with van der Waals surface area (Å²) in [6, 6.07) is 7.46. The number of carbonyl (C=O) groups is 1. The second-order valence-electron chi connectivity index (χ2n) is 7.68. The number of aromatic nitrogens is 1. The maximum Gasteiger partial charge on any atom is 0.416 e. The summed E-state index contributed by atoms with van der Waals surface area (Å²) in [4.78, 5) is 18.0. The highest BCUT2D eigenvalue weighted by Gasteiger charge is 2.34. The van der Waals surface area contributed by atoms with Gasteiger partial charge in [0.1, 0.15) is 11.6 Å². The van der Waals surface area contributed by atoms with Gasteiger partial charge in [0.05, 0.1) is 41.6 Å². The van der Waals surface area contributed by atoms with Gasteiger partial charge in [-0.05, 0) is 36.4 Å². The van der Waals surface area contributed by atoms with Gasteiger partial charge in [-0.25, -0.2) is 12.8 Å². The molecule has 0 unspecified atom stereocenters. The molecule has 0 atom stereocenters. The Bertz CT molecular complexity index is 1380. The second-order valence-corrected chi connectivity index (χ2v) is 9.69. The quantitative estimate of drug-likeness (QED) is 0.399. The minimum atomic E-state index is -4.91. The molecule has 0 N–H and O–H groups in total. The summed E-state index contributed by atoms with van der Waals surface area (Å²) in [6.45, 7) is -0.193. The number of hydrogen-bond acceptors (Lipinski definition) is 6. The van der Waals surface area contributed by atoms with E-state index in [1.807, 2.05) is 0 Å². The molecular formula is C24H22F4N2O5S. The van der Waals surface area contributed by atoms with Gasteiger partial charge in [0.15, 0.2) is 9.84 Å². The minimum absolute atomic E-state index is 0.00786. The number of sulfone groups is 1. The molecule has 3 rings (SSSR count). The van der Waals surface area contributed by atoms with Crippen molar-refractivity contribution in [2.75, 3.05) is 38.5 Å². The zero-order valence-corrected chi connectivity index (χ0v) is 20.3. The number of halogens is 4. The number of anilines is 1. The van der Waals surface area contributed by atoms with Gasteiger partial charge in [-0.1, -0.05) is 6.07 Å². The Morgan fingerprint density at radius 3 is 2.44 bits per heavy atom. The van der Waals surface area contributed by atoms with Crippen LogP contribution in [0.2, 0.25) is 0 Å². The number of ether oxygens (including phenoxy) is 2. The third-order valence-corrected chi connectivity index (χ3v) is 6.32. The molecule has 0 bridgehead atoms. The lowest BCUT2D eigenvalue weighted by molar-refractivity contribution is -0.137. The Kier molecular flexibility index (Phi) is 7.99. The van der Waals surface area contributed by atoms with Crippen LogP contribution in [0.1, 0.15) is 15.9 Å². The molecule has 1 amide bonds. The molecule has 7 nitrogen and oxygen atoms in total. The van der Waals surface area contributed by atoms with Crippen molar-refractivity contribution in [3.05, 3.63) is 71.8 Å². The van der Waals surface area contributed by atoms with Crippen molar-refractivity contribution < 1.29 is 40.2 Å². The average molecular weight is 527 g/mol. The van der Waals surface area contributed by atoms with E-state index in [2.05, 4.69) is 4.98 Å². The molecule has 192 valence electrons. The van der Waals surface area contributed by atoms with E-state index in [4.69, 9.17) is 9.47 Å². The first-order valence-corrected chi connectivity index (χ1v) is 12.3. The monoisotopic (exact) mass is 526 g/mol. The van der Waals surface area contributed by atoms with Gasteiger partial charge in [-0.3, -0.25) is 9.78 Å². The molecule has 0 aliphatic carbocycles. The number of rotatable bonds is 8. The maximum atomic E-state index is 14.9. The van der Waals surface area contributed by atoms with Crippen LogP contribution in [0.15, 0.2) is 59.8 Å². The third kappa shape index (κ3) is 5.82. The molecule has 0 fully saturated rings. The lowest BCUT2D eigenvalue weighted by atomic mass is 10.0. The minimum Gasteiger partial charge on any atom is -0.496 e. The average Bonchev–Trinajstić information content (AvgIpc) is 2.83. The van der Waals surface area contributed by atoms with Crippen molar-refractivity contribution in [2.24, 2.45) is 0 Å². The highest BCUT2D eigenvalue weighted by molar-refractivity contribution is 7.90. The summed E-state index contributed by atoms with van der Waals surface area (Å²) < 4.78 is 90.0. The lowest BCUT2D eigenvalue weighted by Gasteiger charge is -2.26. The summed E-state index contributed by atoms with van der Waals surface area (Å²) >= 11 is 0. The van der Waals surface area contributed by atoms with Crippen LogP contribution in [0.3, 0.4) is 0 Å². The molecule has 0 saturated carbocycles. The fourth-order valence-corrected chi connectivity index (χ4v) is 4.20. The fraction of sp³-hybridized carbons (Fsp3) is 0.250.